The van der Waals surface area contributed by atoms with Crippen molar-refractivity contribution in [3.8, 4) is 0 Å². The summed E-state index contributed by atoms with van der Waals surface area (Å²) >= 11 is 0. The summed E-state index contributed by atoms with van der Waals surface area (Å²) in [6.07, 6.45) is 5.50. The Bertz CT molecular complexity index is 735. The molecule has 5 nitrogen and oxygen atoms in total. The smallest absolute Gasteiger partial charge is 0.251 e. The van der Waals surface area contributed by atoms with Gasteiger partial charge in [0.15, 0.2) is 0 Å². The number of nitrogens with one attached hydrogen (secondary N) is 2. The van der Waals surface area contributed by atoms with Gasteiger partial charge in [-0.15, -0.1) is 0 Å². The van der Waals surface area contributed by atoms with Gasteiger partial charge in [0.05, 0.1) is 5.41 Å². The Hall–Kier alpha value is -2.69. The number of benzene rings is 1. The zero-order chi connectivity index (χ0) is 17.2. The molecule has 1 aromatic heterocycles. The Morgan fingerprint density at radius 3 is 2.42 bits per heavy atom. The van der Waals surface area contributed by atoms with Gasteiger partial charge in [-0.1, -0.05) is 6.07 Å². The third kappa shape index (κ3) is 3.62. The number of aromatic nitrogens is 1. The molecule has 1 aliphatic carbocycles. The van der Waals surface area contributed by atoms with Crippen LogP contribution in [0.5, 0.6) is 0 Å². The van der Waals surface area contributed by atoms with E-state index in [0.29, 0.717) is 17.3 Å². The topological polar surface area (TPSA) is 71.1 Å². The molecular weight excluding hydrogens is 302 g/mol. The van der Waals surface area contributed by atoms with E-state index in [0.717, 1.165) is 18.4 Å². The summed E-state index contributed by atoms with van der Waals surface area (Å²) in [6.45, 7) is 3.72. The summed E-state index contributed by atoms with van der Waals surface area (Å²) in [6, 6.07) is 11.0. The van der Waals surface area contributed by atoms with Gasteiger partial charge >= 0.3 is 0 Å². The molecule has 0 radical (unpaired) electrons. The van der Waals surface area contributed by atoms with Gasteiger partial charge in [-0.2, -0.15) is 0 Å². The number of hydrogen-bond acceptors (Lipinski definition) is 3. The normalized spacial score (nSPS) is 14.1. The van der Waals surface area contributed by atoms with Crippen LogP contribution in [0.15, 0.2) is 48.8 Å². The van der Waals surface area contributed by atoms with E-state index >= 15 is 0 Å². The molecule has 1 aromatic carbocycles. The number of carbonyl (C=O) groups excluding carboxylic acids is 2. The second-order valence-electron chi connectivity index (χ2n) is 6.65. The second kappa shape index (κ2) is 6.43. The van der Waals surface area contributed by atoms with Crippen LogP contribution in [0.3, 0.4) is 0 Å². The van der Waals surface area contributed by atoms with Gasteiger partial charge in [-0.05, 0) is 62.6 Å². The number of carbonyl (C=O) groups is 2. The van der Waals surface area contributed by atoms with Gasteiger partial charge in [-0.3, -0.25) is 14.6 Å². The van der Waals surface area contributed by atoms with E-state index in [1.807, 2.05) is 26.0 Å². The molecule has 3 rings (SSSR count). The van der Waals surface area contributed by atoms with Crippen molar-refractivity contribution in [2.75, 3.05) is 5.32 Å². The molecule has 24 heavy (non-hydrogen) atoms. The molecule has 2 amide bonds. The lowest BCUT2D eigenvalue weighted by Crippen LogP contribution is -2.34. The largest absolute Gasteiger partial charge is 0.349 e. The quantitative estimate of drug-likeness (QED) is 0.889. The van der Waals surface area contributed by atoms with E-state index in [-0.39, 0.29) is 11.8 Å². The fourth-order valence-electron chi connectivity index (χ4n) is 2.35. The van der Waals surface area contributed by atoms with Gasteiger partial charge in [0.1, 0.15) is 0 Å². The highest BCUT2D eigenvalue weighted by atomic mass is 16.2. The molecule has 0 unspecified atom stereocenters. The molecule has 2 aromatic rings. The van der Waals surface area contributed by atoms with E-state index in [4.69, 9.17) is 0 Å². The highest BCUT2D eigenvalue weighted by Crippen LogP contribution is 2.24. The van der Waals surface area contributed by atoms with Crippen LogP contribution in [0, 0.1) is 0 Å². The average molecular weight is 323 g/mol. The molecule has 1 fully saturated rings. The van der Waals surface area contributed by atoms with Crippen LogP contribution >= 0.6 is 0 Å². The van der Waals surface area contributed by atoms with Crippen LogP contribution in [0.4, 0.5) is 5.69 Å². The number of anilines is 1. The van der Waals surface area contributed by atoms with Crippen molar-refractivity contribution in [2.45, 2.75) is 38.1 Å². The molecule has 5 heteroatoms. The van der Waals surface area contributed by atoms with Crippen molar-refractivity contribution in [2.24, 2.45) is 0 Å². The Morgan fingerprint density at radius 2 is 1.83 bits per heavy atom. The van der Waals surface area contributed by atoms with Crippen molar-refractivity contribution >= 4 is 17.5 Å². The predicted molar refractivity (Wildman–Crippen MR) is 92.8 cm³/mol. The maximum atomic E-state index is 12.6. The lowest BCUT2D eigenvalue weighted by molar-refractivity contribution is -0.120. The molecule has 0 spiro atoms. The van der Waals surface area contributed by atoms with Gasteiger partial charge < -0.3 is 10.6 Å². The van der Waals surface area contributed by atoms with E-state index in [1.54, 1.807) is 36.7 Å². The van der Waals surface area contributed by atoms with Crippen LogP contribution in [0.2, 0.25) is 0 Å². The van der Waals surface area contributed by atoms with Crippen molar-refractivity contribution < 1.29 is 9.59 Å². The fraction of sp³-hybridized carbons (Fsp3) is 0.316. The predicted octanol–water partition coefficient (Wildman–Crippen LogP) is 2.89. The number of hydrogen-bond donors (Lipinski definition) is 2. The summed E-state index contributed by atoms with van der Waals surface area (Å²) in [7, 11) is 0. The van der Waals surface area contributed by atoms with E-state index in [1.165, 1.54) is 0 Å². The maximum Gasteiger partial charge on any atom is 0.251 e. The fourth-order valence-corrected chi connectivity index (χ4v) is 2.35. The molecule has 0 atom stereocenters. The lowest BCUT2D eigenvalue weighted by Gasteiger charge is -2.23. The van der Waals surface area contributed by atoms with E-state index in [9.17, 15) is 9.59 Å². The number of rotatable bonds is 5. The minimum atomic E-state index is -0.698. The van der Waals surface area contributed by atoms with Crippen LogP contribution < -0.4 is 10.6 Å². The lowest BCUT2D eigenvalue weighted by atomic mass is 9.84. The van der Waals surface area contributed by atoms with Gasteiger partial charge in [0.25, 0.3) is 5.91 Å². The van der Waals surface area contributed by atoms with Crippen LogP contribution in [0.25, 0.3) is 0 Å². The SMILES string of the molecule is CC(C)(C(=O)Nc1ccc(C(=O)NC2CC2)cc1)c1cccnc1. The van der Waals surface area contributed by atoms with E-state index in [2.05, 4.69) is 15.6 Å². The molecule has 1 aliphatic rings. The van der Waals surface area contributed by atoms with Crippen LogP contribution in [-0.2, 0) is 10.2 Å². The van der Waals surface area contributed by atoms with Gasteiger partial charge in [-0.25, -0.2) is 0 Å². The highest BCUT2D eigenvalue weighted by Gasteiger charge is 2.30. The zero-order valence-corrected chi connectivity index (χ0v) is 13.9. The molecule has 0 saturated heterocycles. The maximum absolute atomic E-state index is 12.6. The van der Waals surface area contributed by atoms with Crippen molar-refractivity contribution in [3.05, 3.63) is 59.9 Å². The Labute approximate surface area is 141 Å². The number of nitrogens with zero attached hydrogens (tertiary/aromatic N) is 1. The second-order valence-corrected chi connectivity index (χ2v) is 6.65. The summed E-state index contributed by atoms with van der Waals surface area (Å²) < 4.78 is 0. The summed E-state index contributed by atoms with van der Waals surface area (Å²) in [5.41, 5.74) is 1.42. The third-order valence-electron chi connectivity index (χ3n) is 4.27. The molecule has 2 N–H and O–H groups in total. The number of amides is 2. The van der Waals surface area contributed by atoms with Crippen LogP contribution in [0.1, 0.15) is 42.6 Å². The van der Waals surface area contributed by atoms with Gasteiger partial charge in [0.2, 0.25) is 5.91 Å². The average Bonchev–Trinajstić information content (AvgIpc) is 3.40. The number of pyridine rings is 1. The van der Waals surface area contributed by atoms with Crippen molar-refractivity contribution in [1.29, 1.82) is 0 Å². The minimum absolute atomic E-state index is 0.0638. The first-order chi connectivity index (χ1) is 11.5. The summed E-state index contributed by atoms with van der Waals surface area (Å²) in [5.74, 6) is -0.184. The van der Waals surface area contributed by atoms with Crippen LogP contribution in [-0.4, -0.2) is 22.8 Å². The molecule has 1 heterocycles. The first-order valence-electron chi connectivity index (χ1n) is 8.10. The third-order valence-corrected chi connectivity index (χ3v) is 4.27. The highest BCUT2D eigenvalue weighted by molar-refractivity contribution is 5.99. The molecular formula is C19H21N3O2. The first kappa shape index (κ1) is 16.2. The summed E-state index contributed by atoms with van der Waals surface area (Å²) in [5, 5.41) is 5.84. The zero-order valence-electron chi connectivity index (χ0n) is 13.9. The van der Waals surface area contributed by atoms with Gasteiger partial charge in [0, 0.05) is 29.7 Å². The van der Waals surface area contributed by atoms with E-state index < -0.39 is 5.41 Å². The standard InChI is InChI=1S/C19H21N3O2/c1-19(2,14-4-3-11-20-12-14)18(24)22-16-7-5-13(6-8-16)17(23)21-15-9-10-15/h3-8,11-12,15H,9-10H2,1-2H3,(H,21,23)(H,22,24). The Kier molecular flexibility index (Phi) is 4.34. The molecule has 124 valence electrons. The Balaban J connectivity index is 1.66. The molecule has 0 aliphatic heterocycles. The monoisotopic (exact) mass is 323 g/mol. The summed E-state index contributed by atoms with van der Waals surface area (Å²) in [4.78, 5) is 28.6. The molecule has 0 bridgehead atoms. The first-order valence-corrected chi connectivity index (χ1v) is 8.10. The Morgan fingerprint density at radius 1 is 1.12 bits per heavy atom. The molecule has 1 saturated carbocycles. The van der Waals surface area contributed by atoms with Crippen molar-refractivity contribution in [3.63, 3.8) is 0 Å². The van der Waals surface area contributed by atoms with Crippen molar-refractivity contribution in [1.82, 2.24) is 10.3 Å². The minimum Gasteiger partial charge on any atom is -0.349 e.